The fourth-order valence-electron chi connectivity index (χ4n) is 5.16. The summed E-state index contributed by atoms with van der Waals surface area (Å²) in [5.41, 5.74) is 1.57. The molecule has 0 aliphatic heterocycles. The molecule has 0 unspecified atom stereocenters. The highest BCUT2D eigenvalue weighted by Crippen LogP contribution is 2.50. The third-order valence-corrected chi connectivity index (χ3v) is 12.6. The molecular formula is C48H48N3O13PS3. The molecule has 0 aliphatic rings. The number of benzene rings is 5. The van der Waals surface area contributed by atoms with E-state index in [0.29, 0.717) is 28.6 Å². The Hall–Kier alpha value is -6.92. The van der Waals surface area contributed by atoms with E-state index in [-0.39, 0.29) is 54.8 Å². The molecule has 68 heavy (non-hydrogen) atoms. The Balaban J connectivity index is 1.23. The van der Waals surface area contributed by atoms with Gasteiger partial charge in [-0.1, -0.05) is 49.6 Å². The van der Waals surface area contributed by atoms with Crippen LogP contribution < -0.4 is 29.5 Å². The van der Waals surface area contributed by atoms with Crippen molar-refractivity contribution >= 4 is 89.3 Å². The SMILES string of the molecule is C=C(C)C(=O)OCCOC(=O)Nc1ccc(OP(=S)(Oc2ccc(NC(=O)OCCOC(=O)C(=C)C)cc2)Oc2ccc(NC(=O)OC(CSc3ccccc3)CSc3ccccc3)cc2)cc1. The second-order valence-corrected chi connectivity index (χ2v) is 19.0. The van der Waals surface area contributed by atoms with Crippen molar-refractivity contribution in [1.29, 1.82) is 0 Å². The van der Waals surface area contributed by atoms with Crippen molar-refractivity contribution in [3.8, 4) is 17.2 Å². The first-order chi connectivity index (χ1) is 32.7. The smallest absolute Gasteiger partial charge is 0.459 e. The minimum Gasteiger partial charge on any atom is -0.459 e. The first-order valence-electron chi connectivity index (χ1n) is 20.6. The van der Waals surface area contributed by atoms with Crippen molar-refractivity contribution < 1.29 is 61.2 Å². The van der Waals surface area contributed by atoms with Gasteiger partial charge in [0.05, 0.1) is 0 Å². The molecule has 0 radical (unpaired) electrons. The van der Waals surface area contributed by atoms with Crippen molar-refractivity contribution in [1.82, 2.24) is 0 Å². The second-order valence-electron chi connectivity index (χ2n) is 14.0. The van der Waals surface area contributed by atoms with Gasteiger partial charge in [-0.3, -0.25) is 16.0 Å². The first-order valence-corrected chi connectivity index (χ1v) is 25.1. The number of rotatable bonds is 24. The Bertz CT molecular complexity index is 2390. The Labute approximate surface area is 407 Å². The van der Waals surface area contributed by atoms with Gasteiger partial charge in [0.2, 0.25) is 0 Å². The summed E-state index contributed by atoms with van der Waals surface area (Å²) in [6.45, 7) is 5.58. The van der Waals surface area contributed by atoms with Crippen molar-refractivity contribution in [2.24, 2.45) is 0 Å². The number of nitrogens with one attached hydrogen (secondary N) is 3. The second kappa shape index (κ2) is 27.0. The molecule has 20 heteroatoms. The Morgan fingerprint density at radius 2 is 0.824 bits per heavy atom. The first kappa shape index (κ1) is 52.1. The molecule has 0 bridgehead atoms. The van der Waals surface area contributed by atoms with Gasteiger partial charge in [0.15, 0.2) is 0 Å². The van der Waals surface area contributed by atoms with Crippen molar-refractivity contribution in [2.75, 3.05) is 53.9 Å². The van der Waals surface area contributed by atoms with Gasteiger partial charge in [-0.15, -0.1) is 23.5 Å². The summed E-state index contributed by atoms with van der Waals surface area (Å²) in [5.74, 6) is 0.580. The van der Waals surface area contributed by atoms with Crippen LogP contribution in [0.5, 0.6) is 17.2 Å². The summed E-state index contributed by atoms with van der Waals surface area (Å²) in [5, 5.41) is 7.91. The molecular weight excluding hydrogens is 954 g/mol. The van der Waals surface area contributed by atoms with Crippen LogP contribution in [-0.2, 0) is 45.1 Å². The summed E-state index contributed by atoms with van der Waals surface area (Å²) in [6, 6.07) is 38.4. The summed E-state index contributed by atoms with van der Waals surface area (Å²) < 4.78 is 44.4. The predicted molar refractivity (Wildman–Crippen MR) is 265 cm³/mol. The standard InChI is InChI=1S/C48H48N3O13PS3/c1-33(2)44(52)57-27-29-59-46(54)49-35-15-21-38(22-16-35)62-65(66,63-39-23-17-36(18-24-39)50-47(55)60-30-28-58-45(53)34(3)4)64-40-25-19-37(20-26-40)51-48(56)61-41(31-67-42-11-7-5-8-12-42)32-68-43-13-9-6-10-14-43/h5-26,41H,1,3,27-32H2,2,4H3,(H,49,54)(H,50,55)(H,51,56). The number of thioether (sulfide) groups is 2. The van der Waals surface area contributed by atoms with Gasteiger partial charge in [-0.05, 0) is 111 Å². The molecule has 0 saturated heterocycles. The molecule has 0 aliphatic carbocycles. The van der Waals surface area contributed by atoms with Gasteiger partial charge in [-0.25, -0.2) is 24.0 Å². The molecule has 0 saturated carbocycles. The molecule has 3 amide bonds. The number of ether oxygens (including phenoxy) is 5. The van der Waals surface area contributed by atoms with Gasteiger partial charge < -0.3 is 37.3 Å². The molecule has 5 aromatic carbocycles. The van der Waals surface area contributed by atoms with Crippen LogP contribution in [0.2, 0.25) is 0 Å². The van der Waals surface area contributed by atoms with Crippen LogP contribution in [0, 0.1) is 0 Å². The lowest BCUT2D eigenvalue weighted by Gasteiger charge is -2.23. The van der Waals surface area contributed by atoms with Gasteiger partial charge in [-0.2, -0.15) is 0 Å². The Morgan fingerprint density at radius 3 is 1.16 bits per heavy atom. The zero-order valence-electron chi connectivity index (χ0n) is 36.9. The Kier molecular flexibility index (Phi) is 20.7. The maximum absolute atomic E-state index is 13.2. The lowest BCUT2D eigenvalue weighted by atomic mass is 10.3. The fraction of sp³-hybridized carbons (Fsp3) is 0.188. The zero-order valence-corrected chi connectivity index (χ0v) is 40.3. The lowest BCUT2D eigenvalue weighted by molar-refractivity contribution is -0.140. The minimum absolute atomic E-state index is 0.144. The van der Waals surface area contributed by atoms with E-state index >= 15 is 0 Å². The molecule has 0 spiro atoms. The van der Waals surface area contributed by atoms with Gasteiger partial charge in [0.25, 0.3) is 0 Å². The molecule has 5 aromatic rings. The number of hydrogen-bond acceptors (Lipinski definition) is 16. The highest BCUT2D eigenvalue weighted by Gasteiger charge is 2.27. The van der Waals surface area contributed by atoms with Gasteiger partial charge in [0.1, 0.15) is 49.8 Å². The minimum atomic E-state index is -3.77. The maximum atomic E-state index is 13.2. The molecule has 3 N–H and O–H groups in total. The zero-order chi connectivity index (χ0) is 48.7. The summed E-state index contributed by atoms with van der Waals surface area (Å²) >= 11 is 9.09. The highest BCUT2D eigenvalue weighted by atomic mass is 32.5. The van der Waals surface area contributed by atoms with Crippen LogP contribution >= 0.6 is 30.2 Å². The molecule has 0 atom stereocenters. The van der Waals surface area contributed by atoms with E-state index in [1.165, 1.54) is 62.4 Å². The third-order valence-electron chi connectivity index (χ3n) is 8.38. The number of carbonyl (C=O) groups excluding carboxylic acids is 5. The number of hydrogen-bond donors (Lipinski definition) is 3. The summed E-state index contributed by atoms with van der Waals surface area (Å²) in [6.07, 6.45) is -2.62. The Morgan fingerprint density at radius 1 is 0.500 bits per heavy atom. The van der Waals surface area contributed by atoms with E-state index in [1.807, 2.05) is 60.7 Å². The topological polar surface area (TPSA) is 195 Å². The fourth-order valence-corrected chi connectivity index (χ4v) is 9.16. The lowest BCUT2D eigenvalue weighted by Crippen LogP contribution is -2.26. The van der Waals surface area contributed by atoms with Crippen LogP contribution in [0.25, 0.3) is 0 Å². The molecule has 0 aromatic heterocycles. The van der Waals surface area contributed by atoms with Crippen LogP contribution in [0.3, 0.4) is 0 Å². The van der Waals surface area contributed by atoms with E-state index in [9.17, 15) is 24.0 Å². The van der Waals surface area contributed by atoms with Crippen molar-refractivity contribution in [3.05, 3.63) is 158 Å². The largest absolute Gasteiger partial charge is 0.490 e. The van der Waals surface area contributed by atoms with Crippen LogP contribution in [0.4, 0.5) is 31.4 Å². The molecule has 5 rings (SSSR count). The predicted octanol–water partition coefficient (Wildman–Crippen LogP) is 11.3. The average Bonchev–Trinajstić information content (AvgIpc) is 3.32. The third kappa shape index (κ3) is 19.1. The van der Waals surface area contributed by atoms with E-state index in [2.05, 4.69) is 29.1 Å². The van der Waals surface area contributed by atoms with E-state index in [4.69, 9.17) is 49.1 Å². The average molecular weight is 1000 g/mol. The van der Waals surface area contributed by atoms with Crippen LogP contribution in [-0.4, -0.2) is 74.3 Å². The highest BCUT2D eigenvalue weighted by molar-refractivity contribution is 8.08. The van der Waals surface area contributed by atoms with Crippen molar-refractivity contribution in [2.45, 2.75) is 29.7 Å². The molecule has 0 fully saturated rings. The van der Waals surface area contributed by atoms with Gasteiger partial charge in [0, 0.05) is 61.3 Å². The quantitative estimate of drug-likeness (QED) is 0.0132. The van der Waals surface area contributed by atoms with E-state index in [0.717, 1.165) is 9.79 Å². The van der Waals surface area contributed by atoms with E-state index in [1.54, 1.807) is 47.8 Å². The summed E-state index contributed by atoms with van der Waals surface area (Å²) in [4.78, 5) is 63.1. The van der Waals surface area contributed by atoms with Gasteiger partial charge >= 0.3 is 36.9 Å². The maximum Gasteiger partial charge on any atom is 0.490 e. The van der Waals surface area contributed by atoms with Crippen molar-refractivity contribution in [3.63, 3.8) is 0 Å². The van der Waals surface area contributed by atoms with Crippen LogP contribution in [0.1, 0.15) is 13.8 Å². The number of amides is 3. The molecule has 16 nitrogen and oxygen atoms in total. The molecule has 0 heterocycles. The number of esters is 2. The monoisotopic (exact) mass is 1000 g/mol. The summed E-state index contributed by atoms with van der Waals surface area (Å²) in [7, 11) is 0. The number of carbonyl (C=O) groups is 5. The van der Waals surface area contributed by atoms with Crippen LogP contribution in [0.15, 0.2) is 168 Å². The molecule has 356 valence electrons. The van der Waals surface area contributed by atoms with E-state index < -0.39 is 43.0 Å². The number of anilines is 3. The normalized spacial score (nSPS) is 10.7.